The van der Waals surface area contributed by atoms with E-state index in [2.05, 4.69) is 56.6 Å². The standard InChI is InChI=1S/C21H29N5OS/c1-14-12-26(10-9-24(14)2)16-3-4-17-18(11-16)23-28-20(17)21(27)22-19-13-25-7-5-15(19)6-8-25/h3-4,11,14-15,19H,5-10,12-13H2,1-2H3,(H,22,27)/t14?,19-/m0/s1. The number of nitrogens with zero attached hydrogens (tertiary/aromatic N) is 4. The highest BCUT2D eigenvalue weighted by Gasteiger charge is 2.35. The molecule has 2 atom stereocenters. The zero-order chi connectivity index (χ0) is 19.3. The number of hydrogen-bond acceptors (Lipinski definition) is 6. The van der Waals surface area contributed by atoms with Crippen LogP contribution in [0.3, 0.4) is 0 Å². The largest absolute Gasteiger partial charge is 0.369 e. The number of fused-ring (bicyclic) bond motifs is 4. The first kappa shape index (κ1) is 18.3. The van der Waals surface area contributed by atoms with Crippen LogP contribution in [0.15, 0.2) is 18.2 Å². The highest BCUT2D eigenvalue weighted by Crippen LogP contribution is 2.30. The normalized spacial score (nSPS) is 30.7. The summed E-state index contributed by atoms with van der Waals surface area (Å²) in [5, 5.41) is 4.29. The first-order valence-corrected chi connectivity index (χ1v) is 11.2. The Hall–Kier alpha value is -1.70. The number of hydrogen-bond donors (Lipinski definition) is 1. The predicted molar refractivity (Wildman–Crippen MR) is 114 cm³/mol. The van der Waals surface area contributed by atoms with Crippen LogP contribution in [0.5, 0.6) is 0 Å². The minimum Gasteiger partial charge on any atom is -0.369 e. The summed E-state index contributed by atoms with van der Waals surface area (Å²) < 4.78 is 4.60. The number of piperidine rings is 3. The van der Waals surface area contributed by atoms with Crippen LogP contribution in [0.4, 0.5) is 5.69 Å². The quantitative estimate of drug-likeness (QED) is 0.858. The number of likely N-dealkylation sites (N-methyl/N-ethyl adjacent to an activating group) is 1. The summed E-state index contributed by atoms with van der Waals surface area (Å²) in [7, 11) is 2.19. The van der Waals surface area contributed by atoms with Gasteiger partial charge in [0.1, 0.15) is 4.88 Å². The van der Waals surface area contributed by atoms with E-state index < -0.39 is 0 Å². The van der Waals surface area contributed by atoms with E-state index in [1.54, 1.807) is 0 Å². The molecule has 6 rings (SSSR count). The molecule has 7 heteroatoms. The van der Waals surface area contributed by atoms with E-state index in [0.29, 0.717) is 18.0 Å². The van der Waals surface area contributed by atoms with Crippen molar-refractivity contribution in [3.05, 3.63) is 23.1 Å². The van der Waals surface area contributed by atoms with Gasteiger partial charge in [-0.25, -0.2) is 0 Å². The third-order valence-corrected chi connectivity index (χ3v) is 7.84. The zero-order valence-corrected chi connectivity index (χ0v) is 17.5. The number of anilines is 1. The summed E-state index contributed by atoms with van der Waals surface area (Å²) in [5.41, 5.74) is 2.15. The monoisotopic (exact) mass is 399 g/mol. The van der Waals surface area contributed by atoms with E-state index in [0.717, 1.165) is 42.0 Å². The van der Waals surface area contributed by atoms with Crippen molar-refractivity contribution in [2.45, 2.75) is 31.8 Å². The van der Waals surface area contributed by atoms with Gasteiger partial charge in [0.25, 0.3) is 5.91 Å². The average molecular weight is 400 g/mol. The molecule has 0 saturated carbocycles. The molecule has 0 spiro atoms. The van der Waals surface area contributed by atoms with Gasteiger partial charge in [-0.1, -0.05) is 0 Å². The van der Waals surface area contributed by atoms with Gasteiger partial charge >= 0.3 is 0 Å². The Bertz CT molecular complexity index is 875. The van der Waals surface area contributed by atoms with E-state index in [9.17, 15) is 4.79 Å². The molecule has 0 aliphatic carbocycles. The van der Waals surface area contributed by atoms with Gasteiger partial charge in [-0.2, -0.15) is 4.37 Å². The molecular weight excluding hydrogens is 370 g/mol. The fraction of sp³-hybridized carbons (Fsp3) is 0.619. The van der Waals surface area contributed by atoms with Crippen molar-refractivity contribution in [1.82, 2.24) is 19.5 Å². The lowest BCUT2D eigenvalue weighted by atomic mass is 9.84. The molecule has 2 bridgehead atoms. The van der Waals surface area contributed by atoms with Gasteiger partial charge in [0, 0.05) is 49.3 Å². The second-order valence-corrected chi connectivity index (χ2v) is 9.48. The Morgan fingerprint density at radius 3 is 2.71 bits per heavy atom. The fourth-order valence-corrected chi connectivity index (χ4v) is 5.69. The molecule has 5 heterocycles. The van der Waals surface area contributed by atoms with Crippen LogP contribution in [0, 0.1) is 5.92 Å². The highest BCUT2D eigenvalue weighted by molar-refractivity contribution is 7.09. The maximum absolute atomic E-state index is 13.0. The Morgan fingerprint density at radius 1 is 1.18 bits per heavy atom. The van der Waals surface area contributed by atoms with Crippen LogP contribution in [0.1, 0.15) is 29.4 Å². The van der Waals surface area contributed by atoms with Crippen molar-refractivity contribution in [3.8, 4) is 0 Å². The molecule has 0 radical (unpaired) electrons. The number of aromatic nitrogens is 1. The summed E-state index contributed by atoms with van der Waals surface area (Å²) in [4.78, 5) is 21.0. The van der Waals surface area contributed by atoms with Crippen molar-refractivity contribution in [2.24, 2.45) is 5.92 Å². The number of rotatable bonds is 3. The molecule has 4 saturated heterocycles. The van der Waals surface area contributed by atoms with E-state index in [1.807, 2.05) is 0 Å². The molecule has 1 aromatic heterocycles. The van der Waals surface area contributed by atoms with E-state index in [4.69, 9.17) is 0 Å². The second kappa shape index (κ2) is 7.28. The minimum atomic E-state index is 0.0484. The third kappa shape index (κ3) is 3.29. The van der Waals surface area contributed by atoms with Gasteiger partial charge in [-0.05, 0) is 75.6 Å². The molecule has 1 aromatic carbocycles. The van der Waals surface area contributed by atoms with Crippen LogP contribution in [-0.2, 0) is 0 Å². The van der Waals surface area contributed by atoms with Crippen LogP contribution < -0.4 is 10.2 Å². The third-order valence-electron chi connectivity index (χ3n) is 6.96. The van der Waals surface area contributed by atoms with Gasteiger partial charge in [0.15, 0.2) is 0 Å². The molecule has 1 unspecified atom stereocenters. The topological polar surface area (TPSA) is 51.7 Å². The van der Waals surface area contributed by atoms with Crippen molar-refractivity contribution in [3.63, 3.8) is 0 Å². The smallest absolute Gasteiger partial charge is 0.263 e. The number of nitrogens with one attached hydrogen (secondary N) is 1. The lowest BCUT2D eigenvalue weighted by molar-refractivity contribution is 0.0623. The van der Waals surface area contributed by atoms with E-state index in [-0.39, 0.29) is 5.91 Å². The zero-order valence-electron chi connectivity index (χ0n) is 16.7. The van der Waals surface area contributed by atoms with E-state index in [1.165, 1.54) is 43.2 Å². The summed E-state index contributed by atoms with van der Waals surface area (Å²) in [5.74, 6) is 0.686. The summed E-state index contributed by atoms with van der Waals surface area (Å²) in [6.07, 6.45) is 2.42. The molecule has 6 nitrogen and oxygen atoms in total. The SMILES string of the molecule is CC1CN(c2ccc3c(C(=O)N[C@H]4CN5CCC4CC5)snc3c2)CCN1C. The maximum atomic E-state index is 13.0. The Kier molecular flexibility index (Phi) is 4.77. The highest BCUT2D eigenvalue weighted by atomic mass is 32.1. The summed E-state index contributed by atoms with van der Waals surface area (Å²) in [6, 6.07) is 7.22. The second-order valence-electron chi connectivity index (χ2n) is 8.71. The van der Waals surface area contributed by atoms with Gasteiger partial charge < -0.3 is 20.0 Å². The predicted octanol–water partition coefficient (Wildman–Crippen LogP) is 2.26. The van der Waals surface area contributed by atoms with Crippen LogP contribution in [0.2, 0.25) is 0 Å². The molecule has 150 valence electrons. The maximum Gasteiger partial charge on any atom is 0.263 e. The Balaban J connectivity index is 1.33. The molecular formula is C21H29N5OS. The van der Waals surface area contributed by atoms with Crippen LogP contribution >= 0.6 is 11.5 Å². The molecule has 1 N–H and O–H groups in total. The van der Waals surface area contributed by atoms with Crippen molar-refractivity contribution < 1.29 is 4.79 Å². The lowest BCUT2D eigenvalue weighted by Gasteiger charge is -2.44. The lowest BCUT2D eigenvalue weighted by Crippen LogP contribution is -2.57. The van der Waals surface area contributed by atoms with Crippen molar-refractivity contribution in [2.75, 3.05) is 51.2 Å². The van der Waals surface area contributed by atoms with E-state index >= 15 is 0 Å². The average Bonchev–Trinajstić information content (AvgIpc) is 3.14. The van der Waals surface area contributed by atoms with Crippen LogP contribution in [0.25, 0.3) is 10.9 Å². The number of carbonyl (C=O) groups is 1. The number of piperazine rings is 1. The molecule has 28 heavy (non-hydrogen) atoms. The van der Waals surface area contributed by atoms with Gasteiger partial charge in [-0.15, -0.1) is 0 Å². The number of amides is 1. The summed E-state index contributed by atoms with van der Waals surface area (Å²) in [6.45, 7) is 8.78. The number of carbonyl (C=O) groups excluding carboxylic acids is 1. The minimum absolute atomic E-state index is 0.0484. The van der Waals surface area contributed by atoms with Gasteiger partial charge in [0.2, 0.25) is 0 Å². The number of benzene rings is 1. The van der Waals surface area contributed by atoms with Crippen LogP contribution in [-0.4, -0.2) is 78.5 Å². The van der Waals surface area contributed by atoms with Crippen molar-refractivity contribution >= 4 is 34.0 Å². The molecule has 4 aliphatic heterocycles. The first-order chi connectivity index (χ1) is 13.6. The first-order valence-electron chi connectivity index (χ1n) is 10.5. The summed E-state index contributed by atoms with van der Waals surface area (Å²) >= 11 is 1.33. The van der Waals surface area contributed by atoms with Gasteiger partial charge in [0.05, 0.1) is 5.52 Å². The molecule has 2 aromatic rings. The molecule has 4 fully saturated rings. The Labute approximate surface area is 170 Å². The van der Waals surface area contributed by atoms with Crippen molar-refractivity contribution in [1.29, 1.82) is 0 Å². The molecule has 4 aliphatic rings. The fourth-order valence-electron chi connectivity index (χ4n) is 4.94. The molecule has 1 amide bonds. The Morgan fingerprint density at radius 2 is 2.00 bits per heavy atom. The van der Waals surface area contributed by atoms with Gasteiger partial charge in [-0.3, -0.25) is 4.79 Å².